The lowest BCUT2D eigenvalue weighted by Gasteiger charge is -2.45. The zero-order chi connectivity index (χ0) is 30.7. The average molecular weight is 590 g/mol. The first-order valence-corrected chi connectivity index (χ1v) is 15.0. The van der Waals surface area contributed by atoms with Gasteiger partial charge in [-0.1, -0.05) is 115 Å². The molecule has 3 aliphatic carbocycles. The highest BCUT2D eigenvalue weighted by Crippen LogP contribution is 2.61. The highest BCUT2D eigenvalue weighted by atomic mass is 16.5. The molecule has 5 aromatic rings. The summed E-state index contributed by atoms with van der Waals surface area (Å²) in [6, 6.07) is 39.5. The third-order valence-corrected chi connectivity index (χ3v) is 9.46. The van der Waals surface area contributed by atoms with Crippen LogP contribution in [0.15, 0.2) is 127 Å². The number of ether oxygens (including phenoxy) is 1. The average Bonchev–Trinajstić information content (AvgIpc) is 3.37. The summed E-state index contributed by atoms with van der Waals surface area (Å²) in [5.74, 6) is -3.42. The summed E-state index contributed by atoms with van der Waals surface area (Å²) in [5.41, 5.74) is 6.97. The Bertz CT molecular complexity index is 1900. The van der Waals surface area contributed by atoms with Gasteiger partial charge in [-0.2, -0.15) is 0 Å². The van der Waals surface area contributed by atoms with Gasteiger partial charge in [0.1, 0.15) is 0 Å². The second-order valence-electron chi connectivity index (χ2n) is 11.7. The van der Waals surface area contributed by atoms with Crippen molar-refractivity contribution >= 4 is 29.3 Å². The maximum absolute atomic E-state index is 14.2. The molecule has 218 valence electrons. The molecule has 9 rings (SSSR count). The Hall–Kier alpha value is -5.62. The van der Waals surface area contributed by atoms with Crippen molar-refractivity contribution in [2.45, 2.75) is 11.8 Å². The van der Waals surface area contributed by atoms with Crippen molar-refractivity contribution < 1.29 is 23.9 Å². The van der Waals surface area contributed by atoms with Crippen molar-refractivity contribution in [3.8, 4) is 11.1 Å². The van der Waals surface area contributed by atoms with Crippen molar-refractivity contribution in [2.75, 3.05) is 11.5 Å². The summed E-state index contributed by atoms with van der Waals surface area (Å²) < 4.78 is 5.47. The van der Waals surface area contributed by atoms with E-state index < -0.39 is 24.4 Å². The number of carbonyl (C=O) groups is 4. The Morgan fingerprint density at radius 1 is 0.556 bits per heavy atom. The molecular formula is C39H27NO5. The summed E-state index contributed by atoms with van der Waals surface area (Å²) in [4.78, 5) is 55.9. The molecule has 2 amide bonds. The molecular weight excluding hydrogens is 562 g/mol. The molecule has 2 atom stereocenters. The Balaban J connectivity index is 1.06. The van der Waals surface area contributed by atoms with Crippen LogP contribution in [0.3, 0.4) is 0 Å². The number of Topliss-reactive ketones (excluding diaryl/α,β-unsaturated/α-hetero) is 1. The van der Waals surface area contributed by atoms with Crippen LogP contribution in [0.2, 0.25) is 0 Å². The van der Waals surface area contributed by atoms with E-state index in [2.05, 4.69) is 24.3 Å². The first-order chi connectivity index (χ1) is 22.0. The van der Waals surface area contributed by atoms with Crippen molar-refractivity contribution in [1.29, 1.82) is 0 Å². The lowest BCUT2D eigenvalue weighted by Crippen LogP contribution is -2.41. The number of carbonyl (C=O) groups excluding carboxylic acids is 4. The normalized spacial score (nSPS) is 20.8. The topological polar surface area (TPSA) is 80.8 Å². The number of hydrogen-bond acceptors (Lipinski definition) is 5. The fourth-order valence-corrected chi connectivity index (χ4v) is 7.53. The van der Waals surface area contributed by atoms with Crippen molar-refractivity contribution in [3.63, 3.8) is 0 Å². The minimum atomic E-state index is -0.773. The Morgan fingerprint density at radius 2 is 1.02 bits per heavy atom. The number of imide groups is 1. The van der Waals surface area contributed by atoms with E-state index in [1.807, 2.05) is 66.7 Å². The molecule has 0 aromatic heterocycles. The number of nitrogens with zero attached hydrogens (tertiary/aromatic N) is 1. The Morgan fingerprint density at radius 3 is 1.58 bits per heavy atom. The van der Waals surface area contributed by atoms with Gasteiger partial charge in [-0.3, -0.25) is 14.4 Å². The number of para-hydroxylation sites is 1. The van der Waals surface area contributed by atoms with E-state index in [-0.39, 0.29) is 40.7 Å². The summed E-state index contributed by atoms with van der Waals surface area (Å²) in [5, 5.41) is 0. The van der Waals surface area contributed by atoms with Gasteiger partial charge in [-0.25, -0.2) is 9.69 Å². The molecule has 0 unspecified atom stereocenters. The van der Waals surface area contributed by atoms with Crippen LogP contribution in [0.1, 0.15) is 54.8 Å². The van der Waals surface area contributed by atoms with Gasteiger partial charge in [0.15, 0.2) is 12.4 Å². The van der Waals surface area contributed by atoms with Crippen molar-refractivity contribution in [2.24, 2.45) is 11.8 Å². The zero-order valence-electron chi connectivity index (χ0n) is 24.1. The SMILES string of the molecule is O=C(COC(=O)c1ccccc1N1C(=O)[C@@H]2C3c4ccccc4C(c4ccccc43)[C@@H]2C1=O)c1ccc(-c2ccccc2)cc1. The standard InChI is InChI=1S/C39H27NO5/c41-32(25-20-18-24(19-21-25)23-10-2-1-3-11-23)22-45-39(44)30-16-8-9-17-31(30)40-37(42)35-33-26-12-4-5-13-27(26)34(36(35)38(40)43)29-15-7-6-14-28(29)33/h1-21,33-36H,22H2/t33?,34?,35-,36+. The minimum absolute atomic E-state index is 0.0625. The first-order valence-electron chi connectivity index (χ1n) is 15.0. The number of ketones is 1. The molecule has 0 N–H and O–H groups in total. The zero-order valence-corrected chi connectivity index (χ0v) is 24.1. The summed E-state index contributed by atoms with van der Waals surface area (Å²) >= 11 is 0. The summed E-state index contributed by atoms with van der Waals surface area (Å²) in [7, 11) is 0. The van der Waals surface area contributed by atoms with Crippen LogP contribution < -0.4 is 4.90 Å². The highest BCUT2D eigenvalue weighted by molar-refractivity contribution is 6.25. The molecule has 6 nitrogen and oxygen atoms in total. The summed E-state index contributed by atoms with van der Waals surface area (Å²) in [6.45, 7) is -0.472. The molecule has 45 heavy (non-hydrogen) atoms. The van der Waals surface area contributed by atoms with Crippen molar-refractivity contribution in [3.05, 3.63) is 161 Å². The Labute approximate surface area is 259 Å². The molecule has 6 heteroatoms. The van der Waals surface area contributed by atoms with Crippen LogP contribution in [-0.4, -0.2) is 30.2 Å². The van der Waals surface area contributed by atoms with Crippen LogP contribution in [0, 0.1) is 11.8 Å². The molecule has 1 fully saturated rings. The molecule has 0 saturated carbocycles. The largest absolute Gasteiger partial charge is 0.454 e. The van der Waals surface area contributed by atoms with Gasteiger partial charge in [0.25, 0.3) is 0 Å². The van der Waals surface area contributed by atoms with Gasteiger partial charge in [0.05, 0.1) is 23.1 Å². The van der Waals surface area contributed by atoms with Crippen LogP contribution in [0.4, 0.5) is 5.69 Å². The van der Waals surface area contributed by atoms with Crippen LogP contribution in [0.25, 0.3) is 11.1 Å². The number of amides is 2. The van der Waals surface area contributed by atoms with E-state index in [1.54, 1.807) is 30.3 Å². The Kier molecular flexibility index (Phi) is 6.31. The molecule has 0 radical (unpaired) electrons. The molecule has 1 aliphatic heterocycles. The smallest absolute Gasteiger partial charge is 0.340 e. The predicted molar refractivity (Wildman–Crippen MR) is 169 cm³/mol. The van der Waals surface area contributed by atoms with E-state index in [0.717, 1.165) is 33.4 Å². The second kappa shape index (κ2) is 10.5. The van der Waals surface area contributed by atoms with E-state index in [9.17, 15) is 19.2 Å². The summed E-state index contributed by atoms with van der Waals surface area (Å²) in [6.07, 6.45) is 0. The first kappa shape index (κ1) is 27.0. The molecule has 0 spiro atoms. The van der Waals surface area contributed by atoms with Crippen LogP contribution >= 0.6 is 0 Å². The van der Waals surface area contributed by atoms with Gasteiger partial charge in [0, 0.05) is 17.4 Å². The highest BCUT2D eigenvalue weighted by Gasteiger charge is 2.62. The third kappa shape index (κ3) is 4.17. The van der Waals surface area contributed by atoms with Gasteiger partial charge in [-0.15, -0.1) is 0 Å². The molecule has 2 bridgehead atoms. The fourth-order valence-electron chi connectivity index (χ4n) is 7.53. The maximum Gasteiger partial charge on any atom is 0.340 e. The van der Waals surface area contributed by atoms with Gasteiger partial charge >= 0.3 is 5.97 Å². The molecule has 1 heterocycles. The fraction of sp³-hybridized carbons (Fsp3) is 0.128. The predicted octanol–water partition coefficient (Wildman–Crippen LogP) is 6.79. The van der Waals surface area contributed by atoms with Crippen LogP contribution in [0.5, 0.6) is 0 Å². The number of rotatable bonds is 6. The maximum atomic E-state index is 14.2. The van der Waals surface area contributed by atoms with Crippen LogP contribution in [-0.2, 0) is 14.3 Å². The lowest BCUT2D eigenvalue weighted by molar-refractivity contribution is -0.122. The molecule has 1 saturated heterocycles. The van der Waals surface area contributed by atoms with E-state index in [1.165, 1.54) is 11.0 Å². The number of benzene rings is 5. The number of anilines is 1. The monoisotopic (exact) mass is 589 g/mol. The number of hydrogen-bond donors (Lipinski definition) is 0. The quantitative estimate of drug-likeness (QED) is 0.124. The second-order valence-corrected chi connectivity index (χ2v) is 11.7. The molecule has 5 aromatic carbocycles. The lowest BCUT2D eigenvalue weighted by atomic mass is 9.55. The number of esters is 1. The van der Waals surface area contributed by atoms with Gasteiger partial charge < -0.3 is 4.74 Å². The molecule has 4 aliphatic rings. The van der Waals surface area contributed by atoms with E-state index in [0.29, 0.717) is 5.56 Å². The minimum Gasteiger partial charge on any atom is -0.454 e. The van der Waals surface area contributed by atoms with E-state index in [4.69, 9.17) is 4.74 Å². The van der Waals surface area contributed by atoms with Gasteiger partial charge in [0.2, 0.25) is 11.8 Å². The van der Waals surface area contributed by atoms with Crippen molar-refractivity contribution in [1.82, 2.24) is 0 Å². The van der Waals surface area contributed by atoms with Gasteiger partial charge in [-0.05, 0) is 45.5 Å². The van der Waals surface area contributed by atoms with E-state index >= 15 is 0 Å². The third-order valence-electron chi connectivity index (χ3n) is 9.46.